The van der Waals surface area contributed by atoms with Gasteiger partial charge in [0.1, 0.15) is 5.69 Å². The lowest BCUT2D eigenvalue weighted by Gasteiger charge is -2.34. The smallest absolute Gasteiger partial charge is 0.270 e. The molecule has 1 saturated heterocycles. The van der Waals surface area contributed by atoms with Gasteiger partial charge >= 0.3 is 0 Å². The number of piperidine rings is 1. The van der Waals surface area contributed by atoms with E-state index in [2.05, 4.69) is 9.97 Å². The first-order valence-corrected chi connectivity index (χ1v) is 8.19. The molecule has 0 aliphatic carbocycles. The average molecular weight is 377 g/mol. The van der Waals surface area contributed by atoms with Crippen LogP contribution in [0.1, 0.15) is 34.8 Å². The van der Waals surface area contributed by atoms with E-state index in [0.29, 0.717) is 12.2 Å². The predicted octanol–water partition coefficient (Wildman–Crippen LogP) is 3.24. The number of halogens is 2. The van der Waals surface area contributed by atoms with Crippen LogP contribution in [0.3, 0.4) is 0 Å². The van der Waals surface area contributed by atoms with E-state index in [-0.39, 0.29) is 36.8 Å². The van der Waals surface area contributed by atoms with E-state index in [0.717, 1.165) is 42.1 Å². The number of nitrogens with two attached hydrogens (primary N) is 1. The number of hydrogen-bond donors (Lipinski definition) is 2. The highest BCUT2D eigenvalue weighted by Crippen LogP contribution is 2.24. The molecule has 1 fully saturated rings. The van der Waals surface area contributed by atoms with Gasteiger partial charge in [0.15, 0.2) is 0 Å². The topological polar surface area (TPSA) is 75.0 Å². The van der Waals surface area contributed by atoms with E-state index >= 15 is 0 Å². The molecule has 1 atom stereocenters. The Bertz CT molecular complexity index is 643. The number of nitrogens with zero attached hydrogens (tertiary/aromatic N) is 2. The van der Waals surface area contributed by atoms with Crippen LogP contribution in [0.15, 0.2) is 17.6 Å². The predicted molar refractivity (Wildman–Crippen MR) is 98.9 cm³/mol. The zero-order valence-electron chi connectivity index (χ0n) is 12.9. The van der Waals surface area contributed by atoms with Crippen molar-refractivity contribution in [1.29, 1.82) is 0 Å². The van der Waals surface area contributed by atoms with Crippen LogP contribution < -0.4 is 5.73 Å². The molecule has 0 spiro atoms. The Morgan fingerprint density at radius 2 is 2.26 bits per heavy atom. The highest BCUT2D eigenvalue weighted by Gasteiger charge is 2.27. The number of carbonyl (C=O) groups is 1. The van der Waals surface area contributed by atoms with Crippen molar-refractivity contribution in [2.24, 2.45) is 5.73 Å². The number of nitrogens with one attached hydrogen (secondary N) is 1. The molecule has 0 radical (unpaired) electrons. The fourth-order valence-electron chi connectivity index (χ4n) is 2.83. The lowest BCUT2D eigenvalue weighted by Crippen LogP contribution is -2.47. The summed E-state index contributed by atoms with van der Waals surface area (Å²) in [5.41, 5.74) is 8.30. The Labute approximate surface area is 152 Å². The SMILES string of the molecule is Cc1nc(-c2c[nH]c(C(=O)N3CCCCC3CN)c2)cs1.Cl.Cl. The average Bonchev–Trinajstić information content (AvgIpc) is 3.15. The molecule has 128 valence electrons. The third-order valence-electron chi connectivity index (χ3n) is 3.99. The third-order valence-corrected chi connectivity index (χ3v) is 4.76. The van der Waals surface area contributed by atoms with E-state index < -0.39 is 0 Å². The van der Waals surface area contributed by atoms with Crippen molar-refractivity contribution in [3.8, 4) is 11.3 Å². The molecule has 2 aromatic heterocycles. The number of aromatic amines is 1. The van der Waals surface area contributed by atoms with Crippen LogP contribution in [0.5, 0.6) is 0 Å². The molecule has 23 heavy (non-hydrogen) atoms. The van der Waals surface area contributed by atoms with Gasteiger partial charge in [-0.2, -0.15) is 0 Å². The summed E-state index contributed by atoms with van der Waals surface area (Å²) >= 11 is 1.61. The number of carbonyl (C=O) groups excluding carboxylic acids is 1. The molecule has 8 heteroatoms. The Morgan fingerprint density at radius 1 is 1.48 bits per heavy atom. The van der Waals surface area contributed by atoms with Crippen LogP contribution in [0.25, 0.3) is 11.3 Å². The van der Waals surface area contributed by atoms with Gasteiger partial charge in [0, 0.05) is 36.3 Å². The molecule has 2 aromatic rings. The van der Waals surface area contributed by atoms with Crippen LogP contribution in [-0.4, -0.2) is 39.9 Å². The fourth-order valence-corrected chi connectivity index (χ4v) is 3.45. The number of H-pyrrole nitrogens is 1. The molecule has 3 N–H and O–H groups in total. The van der Waals surface area contributed by atoms with Crippen molar-refractivity contribution in [3.05, 3.63) is 28.3 Å². The number of aromatic nitrogens is 2. The molecule has 1 aliphatic heterocycles. The normalized spacial score (nSPS) is 17.3. The second-order valence-electron chi connectivity index (χ2n) is 5.44. The number of aryl methyl sites for hydroxylation is 1. The first kappa shape index (κ1) is 20.0. The van der Waals surface area contributed by atoms with Crippen LogP contribution in [0, 0.1) is 6.92 Å². The highest BCUT2D eigenvalue weighted by atomic mass is 35.5. The maximum Gasteiger partial charge on any atom is 0.270 e. The number of amides is 1. The van der Waals surface area contributed by atoms with E-state index in [1.807, 2.05) is 29.5 Å². The van der Waals surface area contributed by atoms with Gasteiger partial charge in [-0.05, 0) is 32.3 Å². The summed E-state index contributed by atoms with van der Waals surface area (Å²) in [6.07, 6.45) is 5.06. The lowest BCUT2D eigenvalue weighted by atomic mass is 10.0. The van der Waals surface area contributed by atoms with Crippen molar-refractivity contribution < 1.29 is 4.79 Å². The van der Waals surface area contributed by atoms with Gasteiger partial charge in [-0.3, -0.25) is 4.79 Å². The summed E-state index contributed by atoms with van der Waals surface area (Å²) in [6, 6.07) is 2.05. The van der Waals surface area contributed by atoms with Crippen LogP contribution in [0.2, 0.25) is 0 Å². The molecule has 3 rings (SSSR count). The summed E-state index contributed by atoms with van der Waals surface area (Å²) in [4.78, 5) is 22.1. The van der Waals surface area contributed by atoms with Crippen molar-refractivity contribution >= 4 is 42.1 Å². The van der Waals surface area contributed by atoms with Gasteiger partial charge in [0.2, 0.25) is 0 Å². The maximum atomic E-state index is 12.6. The Hall–Kier alpha value is -1.08. The highest BCUT2D eigenvalue weighted by molar-refractivity contribution is 7.09. The van der Waals surface area contributed by atoms with Crippen molar-refractivity contribution in [2.75, 3.05) is 13.1 Å². The number of likely N-dealkylation sites (tertiary alicyclic amines) is 1. The number of thiazole rings is 1. The first-order chi connectivity index (χ1) is 10.2. The standard InChI is InChI=1S/C15H20N4OS.2ClH/c1-10-18-14(9-21-10)11-6-13(17-8-11)15(20)19-5-3-2-4-12(19)7-16;;/h6,8-9,12,17H,2-5,7,16H2,1H3;2*1H. The zero-order chi connectivity index (χ0) is 14.8. The van der Waals surface area contributed by atoms with Crippen molar-refractivity contribution in [3.63, 3.8) is 0 Å². The van der Waals surface area contributed by atoms with Crippen LogP contribution >= 0.6 is 36.2 Å². The van der Waals surface area contributed by atoms with E-state index in [1.54, 1.807) is 11.3 Å². The second kappa shape index (κ2) is 8.68. The minimum Gasteiger partial charge on any atom is -0.357 e. The molecule has 0 saturated carbocycles. The summed E-state index contributed by atoms with van der Waals surface area (Å²) < 4.78 is 0. The second-order valence-corrected chi connectivity index (χ2v) is 6.50. The van der Waals surface area contributed by atoms with Crippen LogP contribution in [-0.2, 0) is 0 Å². The van der Waals surface area contributed by atoms with Gasteiger partial charge < -0.3 is 15.6 Å². The van der Waals surface area contributed by atoms with Crippen molar-refractivity contribution in [2.45, 2.75) is 32.2 Å². The van der Waals surface area contributed by atoms with Gasteiger partial charge in [0.25, 0.3) is 5.91 Å². The molecule has 0 aromatic carbocycles. The van der Waals surface area contributed by atoms with E-state index in [1.165, 1.54) is 0 Å². The van der Waals surface area contributed by atoms with Gasteiger partial charge in [0.05, 0.1) is 10.7 Å². The molecule has 1 unspecified atom stereocenters. The maximum absolute atomic E-state index is 12.6. The molecule has 1 aliphatic rings. The zero-order valence-corrected chi connectivity index (χ0v) is 15.4. The van der Waals surface area contributed by atoms with Gasteiger partial charge in [-0.1, -0.05) is 0 Å². The van der Waals surface area contributed by atoms with Gasteiger partial charge in [-0.15, -0.1) is 36.2 Å². The third kappa shape index (κ3) is 4.26. The molecule has 0 bridgehead atoms. The monoisotopic (exact) mass is 376 g/mol. The molecular weight excluding hydrogens is 355 g/mol. The van der Waals surface area contributed by atoms with E-state index in [4.69, 9.17) is 5.73 Å². The largest absolute Gasteiger partial charge is 0.357 e. The molecule has 3 heterocycles. The Kier molecular flexibility index (Phi) is 7.54. The summed E-state index contributed by atoms with van der Waals surface area (Å²) in [6.45, 7) is 3.31. The number of rotatable bonds is 3. The molecule has 5 nitrogen and oxygen atoms in total. The quantitative estimate of drug-likeness (QED) is 0.862. The first-order valence-electron chi connectivity index (χ1n) is 7.31. The minimum atomic E-state index is 0. The van der Waals surface area contributed by atoms with Crippen molar-refractivity contribution in [1.82, 2.24) is 14.9 Å². The molecule has 1 amide bonds. The Morgan fingerprint density at radius 3 is 2.91 bits per heavy atom. The lowest BCUT2D eigenvalue weighted by molar-refractivity contribution is 0.0618. The summed E-state index contributed by atoms with van der Waals surface area (Å²) in [5.74, 6) is 0.0448. The Balaban J connectivity index is 0.00000132. The minimum absolute atomic E-state index is 0. The summed E-state index contributed by atoms with van der Waals surface area (Å²) in [5, 5.41) is 3.04. The molecular formula is C15H22Cl2N4OS. The number of hydrogen-bond acceptors (Lipinski definition) is 4. The van der Waals surface area contributed by atoms with Gasteiger partial charge in [-0.25, -0.2) is 4.98 Å². The van der Waals surface area contributed by atoms with Crippen LogP contribution in [0.4, 0.5) is 0 Å². The summed E-state index contributed by atoms with van der Waals surface area (Å²) in [7, 11) is 0. The fraction of sp³-hybridized carbons (Fsp3) is 0.467. The van der Waals surface area contributed by atoms with E-state index in [9.17, 15) is 4.79 Å².